The van der Waals surface area contributed by atoms with E-state index in [-0.39, 0.29) is 6.04 Å². The fourth-order valence-electron chi connectivity index (χ4n) is 1.61. The molecule has 5 nitrogen and oxygen atoms in total. The van der Waals surface area contributed by atoms with Crippen molar-refractivity contribution in [2.24, 2.45) is 7.05 Å². The summed E-state index contributed by atoms with van der Waals surface area (Å²) in [5.74, 6) is 2.54. The molecule has 2 rings (SSSR count). The van der Waals surface area contributed by atoms with Gasteiger partial charge in [-0.2, -0.15) is 0 Å². The molecule has 2 aromatic rings. The minimum absolute atomic E-state index is 0.173. The predicted octanol–water partition coefficient (Wildman–Crippen LogP) is 1.57. The third-order valence-electron chi connectivity index (χ3n) is 2.47. The molecule has 1 unspecified atom stereocenters. The van der Waals surface area contributed by atoms with Gasteiger partial charge in [0.25, 0.3) is 0 Å². The lowest BCUT2D eigenvalue weighted by Gasteiger charge is -2.11. The van der Waals surface area contributed by atoms with Crippen molar-refractivity contribution in [3.05, 3.63) is 36.1 Å². The average Bonchev–Trinajstić information content (AvgIpc) is 2.84. The summed E-state index contributed by atoms with van der Waals surface area (Å²) < 4.78 is 7.38. The van der Waals surface area contributed by atoms with E-state index in [0.717, 1.165) is 11.6 Å². The maximum Gasteiger partial charge on any atom is 0.208 e. The van der Waals surface area contributed by atoms with Crippen molar-refractivity contribution in [1.29, 1.82) is 0 Å². The van der Waals surface area contributed by atoms with Crippen molar-refractivity contribution >= 4 is 0 Å². The highest BCUT2D eigenvalue weighted by Crippen LogP contribution is 2.09. The molecule has 0 aliphatic rings. The van der Waals surface area contributed by atoms with Gasteiger partial charge in [-0.15, -0.1) is 0 Å². The summed E-state index contributed by atoms with van der Waals surface area (Å²) in [4.78, 5) is 8.42. The summed E-state index contributed by atoms with van der Waals surface area (Å²) in [6, 6.07) is 0.173. The zero-order chi connectivity index (χ0) is 11.5. The van der Waals surface area contributed by atoms with Gasteiger partial charge < -0.3 is 8.98 Å². The molecule has 0 bridgehead atoms. The van der Waals surface area contributed by atoms with Crippen LogP contribution >= 0.6 is 0 Å². The van der Waals surface area contributed by atoms with Crippen LogP contribution in [0.5, 0.6) is 0 Å². The maximum atomic E-state index is 5.38. The first-order valence-corrected chi connectivity index (χ1v) is 5.28. The van der Waals surface area contributed by atoms with E-state index in [1.54, 1.807) is 12.4 Å². The van der Waals surface area contributed by atoms with Crippen LogP contribution in [0.15, 0.2) is 23.0 Å². The van der Waals surface area contributed by atoms with Crippen molar-refractivity contribution in [2.45, 2.75) is 26.4 Å². The third-order valence-corrected chi connectivity index (χ3v) is 2.47. The van der Waals surface area contributed by atoms with Gasteiger partial charge in [-0.3, -0.25) is 5.32 Å². The monoisotopic (exact) mass is 220 g/mol. The number of aromatic nitrogens is 3. The van der Waals surface area contributed by atoms with Crippen molar-refractivity contribution < 1.29 is 4.42 Å². The van der Waals surface area contributed by atoms with Crippen molar-refractivity contribution in [3.8, 4) is 0 Å². The minimum atomic E-state index is 0.173. The Morgan fingerprint density at radius 3 is 2.88 bits per heavy atom. The quantitative estimate of drug-likeness (QED) is 0.849. The molecule has 5 heteroatoms. The molecular weight excluding hydrogens is 204 g/mol. The van der Waals surface area contributed by atoms with Crippen LogP contribution in [0.1, 0.15) is 30.4 Å². The number of rotatable bonds is 4. The van der Waals surface area contributed by atoms with Gasteiger partial charge in [-0.25, -0.2) is 9.97 Å². The Morgan fingerprint density at radius 1 is 1.50 bits per heavy atom. The molecule has 0 fully saturated rings. The molecule has 16 heavy (non-hydrogen) atoms. The van der Waals surface area contributed by atoms with Crippen LogP contribution in [0, 0.1) is 6.92 Å². The molecule has 86 valence electrons. The fourth-order valence-corrected chi connectivity index (χ4v) is 1.61. The zero-order valence-corrected chi connectivity index (χ0v) is 9.77. The minimum Gasteiger partial charge on any atom is -0.445 e. The summed E-state index contributed by atoms with van der Waals surface area (Å²) in [5, 5.41) is 3.32. The highest BCUT2D eigenvalue weighted by Gasteiger charge is 2.10. The third kappa shape index (κ3) is 2.30. The lowest BCUT2D eigenvalue weighted by atomic mass is 10.3. The molecule has 0 saturated carbocycles. The number of aryl methyl sites for hydroxylation is 2. The highest BCUT2D eigenvalue weighted by molar-refractivity contribution is 4.98. The summed E-state index contributed by atoms with van der Waals surface area (Å²) in [5.41, 5.74) is 0. The molecule has 0 spiro atoms. The standard InChI is InChI=1S/C11H16N4O/c1-8-6-14-10(16-8)7-13-9(2)11-12-4-5-15(11)3/h4-6,9,13H,7H2,1-3H3. The first-order chi connectivity index (χ1) is 7.66. The van der Waals surface area contributed by atoms with Crippen molar-refractivity contribution in [1.82, 2.24) is 19.9 Å². The number of imidazole rings is 1. The van der Waals surface area contributed by atoms with E-state index in [2.05, 4.69) is 22.2 Å². The first kappa shape index (κ1) is 10.9. The Balaban J connectivity index is 1.93. The molecule has 0 aromatic carbocycles. The van der Waals surface area contributed by atoms with Gasteiger partial charge in [0, 0.05) is 19.4 Å². The molecule has 1 atom stereocenters. The molecular formula is C11H16N4O. The molecule has 0 amide bonds. The van der Waals surface area contributed by atoms with Gasteiger partial charge in [0.1, 0.15) is 11.6 Å². The normalized spacial score (nSPS) is 12.9. The smallest absolute Gasteiger partial charge is 0.208 e. The van der Waals surface area contributed by atoms with E-state index in [1.807, 2.05) is 24.7 Å². The second-order valence-corrected chi connectivity index (χ2v) is 3.86. The Hall–Kier alpha value is -1.62. The highest BCUT2D eigenvalue weighted by atomic mass is 16.4. The van der Waals surface area contributed by atoms with E-state index in [4.69, 9.17) is 4.42 Å². The second-order valence-electron chi connectivity index (χ2n) is 3.86. The van der Waals surface area contributed by atoms with Gasteiger partial charge in [-0.05, 0) is 13.8 Å². The first-order valence-electron chi connectivity index (χ1n) is 5.28. The van der Waals surface area contributed by atoms with Crippen LogP contribution in [-0.4, -0.2) is 14.5 Å². The summed E-state index contributed by atoms with van der Waals surface area (Å²) in [7, 11) is 1.98. The molecule has 2 aromatic heterocycles. The van der Waals surface area contributed by atoms with Crippen molar-refractivity contribution in [3.63, 3.8) is 0 Å². The van der Waals surface area contributed by atoms with Gasteiger partial charge >= 0.3 is 0 Å². The van der Waals surface area contributed by atoms with E-state index in [1.165, 1.54) is 0 Å². The topological polar surface area (TPSA) is 55.9 Å². The van der Waals surface area contributed by atoms with Gasteiger partial charge in [0.15, 0.2) is 0 Å². The SMILES string of the molecule is Cc1cnc(CNC(C)c2nccn2C)o1. The summed E-state index contributed by atoms with van der Waals surface area (Å²) in [6.45, 7) is 4.57. The second kappa shape index (κ2) is 4.49. The van der Waals surface area contributed by atoms with Gasteiger partial charge in [0.2, 0.25) is 5.89 Å². The predicted molar refractivity (Wildman–Crippen MR) is 59.7 cm³/mol. The van der Waals surface area contributed by atoms with Gasteiger partial charge in [0.05, 0.1) is 18.8 Å². The lowest BCUT2D eigenvalue weighted by molar-refractivity contribution is 0.424. The number of nitrogens with zero attached hydrogens (tertiary/aromatic N) is 3. The largest absolute Gasteiger partial charge is 0.445 e. The lowest BCUT2D eigenvalue weighted by Crippen LogP contribution is -2.21. The van der Waals surface area contributed by atoms with Crippen LogP contribution in [0.3, 0.4) is 0 Å². The average molecular weight is 220 g/mol. The number of hydrogen-bond donors (Lipinski definition) is 1. The number of oxazole rings is 1. The Morgan fingerprint density at radius 2 is 2.31 bits per heavy atom. The summed E-state index contributed by atoms with van der Waals surface area (Å²) in [6.07, 6.45) is 5.45. The molecule has 0 aliphatic heterocycles. The summed E-state index contributed by atoms with van der Waals surface area (Å²) >= 11 is 0. The Bertz CT molecular complexity index is 460. The Labute approximate surface area is 94.5 Å². The van der Waals surface area contributed by atoms with E-state index in [9.17, 15) is 0 Å². The molecule has 0 saturated heterocycles. The molecule has 1 N–H and O–H groups in total. The van der Waals surface area contributed by atoms with E-state index < -0.39 is 0 Å². The zero-order valence-electron chi connectivity index (χ0n) is 9.77. The van der Waals surface area contributed by atoms with E-state index in [0.29, 0.717) is 12.4 Å². The Kier molecular flexibility index (Phi) is 3.05. The number of hydrogen-bond acceptors (Lipinski definition) is 4. The van der Waals surface area contributed by atoms with Gasteiger partial charge in [-0.1, -0.05) is 0 Å². The van der Waals surface area contributed by atoms with Crippen LogP contribution < -0.4 is 5.32 Å². The van der Waals surface area contributed by atoms with Crippen molar-refractivity contribution in [2.75, 3.05) is 0 Å². The van der Waals surface area contributed by atoms with Crippen LogP contribution in [0.2, 0.25) is 0 Å². The fraction of sp³-hybridized carbons (Fsp3) is 0.455. The maximum absolute atomic E-state index is 5.38. The molecule has 0 aliphatic carbocycles. The van der Waals surface area contributed by atoms with Crippen LogP contribution in [-0.2, 0) is 13.6 Å². The molecule has 0 radical (unpaired) electrons. The van der Waals surface area contributed by atoms with Crippen LogP contribution in [0.25, 0.3) is 0 Å². The molecule has 2 heterocycles. The van der Waals surface area contributed by atoms with E-state index >= 15 is 0 Å². The van der Waals surface area contributed by atoms with Crippen LogP contribution in [0.4, 0.5) is 0 Å². The number of nitrogens with one attached hydrogen (secondary N) is 1.